The molecule has 78 valence electrons. The molecule has 4 aliphatic rings. The van der Waals surface area contributed by atoms with Crippen LogP contribution in [0.2, 0.25) is 0 Å². The summed E-state index contributed by atoms with van der Waals surface area (Å²) in [4.78, 5) is 0. The molecular formula is C12H18O2. The Bertz CT molecular complexity index is 370. The highest BCUT2D eigenvalue weighted by atomic mass is 16.3. The molecule has 14 heavy (non-hydrogen) atoms. The summed E-state index contributed by atoms with van der Waals surface area (Å²) < 4.78 is 0. The van der Waals surface area contributed by atoms with Gasteiger partial charge in [-0.3, -0.25) is 0 Å². The van der Waals surface area contributed by atoms with Gasteiger partial charge in [0.2, 0.25) is 0 Å². The quantitative estimate of drug-likeness (QED) is 0.618. The van der Waals surface area contributed by atoms with Gasteiger partial charge in [0.05, 0.1) is 6.61 Å². The zero-order valence-corrected chi connectivity index (χ0v) is 9.31. The van der Waals surface area contributed by atoms with E-state index in [1.54, 1.807) is 0 Å². The molecule has 0 aliphatic heterocycles. The first kappa shape index (κ1) is 8.93. The predicted molar refractivity (Wildman–Crippen MR) is 53.6 cm³/mol. The molecule has 0 amide bonds. The van der Waals surface area contributed by atoms with Gasteiger partial charge in [0, 0.05) is 10.8 Å². The summed E-state index contributed by atoms with van der Waals surface area (Å²) in [5.41, 5.74) is -0.00576. The lowest BCUT2D eigenvalue weighted by Crippen LogP contribution is -2.41. The van der Waals surface area contributed by atoms with E-state index in [1.165, 1.54) is 0 Å². The SMILES string of the molecule is C=C1C(O)(CO)C2(C)C3(C)C1(C)C23C. The van der Waals surface area contributed by atoms with Crippen LogP contribution >= 0.6 is 0 Å². The maximum atomic E-state index is 10.5. The van der Waals surface area contributed by atoms with Gasteiger partial charge < -0.3 is 10.2 Å². The lowest BCUT2D eigenvalue weighted by atomic mass is 9.76. The van der Waals surface area contributed by atoms with Crippen molar-refractivity contribution in [1.29, 1.82) is 0 Å². The monoisotopic (exact) mass is 194 g/mol. The maximum Gasteiger partial charge on any atom is 0.115 e. The van der Waals surface area contributed by atoms with Gasteiger partial charge in [-0.2, -0.15) is 0 Å². The number of rotatable bonds is 1. The molecule has 2 nitrogen and oxygen atoms in total. The summed E-state index contributed by atoms with van der Waals surface area (Å²) in [5, 5.41) is 19.9. The van der Waals surface area contributed by atoms with Crippen LogP contribution < -0.4 is 0 Å². The van der Waals surface area contributed by atoms with E-state index in [4.69, 9.17) is 0 Å². The maximum absolute atomic E-state index is 10.5. The second-order valence-electron chi connectivity index (χ2n) is 6.00. The first-order valence-corrected chi connectivity index (χ1v) is 5.25. The third-order valence-electron chi connectivity index (χ3n) is 7.03. The van der Waals surface area contributed by atoms with Gasteiger partial charge in [0.1, 0.15) is 5.60 Å². The lowest BCUT2D eigenvalue weighted by molar-refractivity contribution is -0.0440. The van der Waals surface area contributed by atoms with Gasteiger partial charge in [0.25, 0.3) is 0 Å². The topological polar surface area (TPSA) is 40.5 Å². The third-order valence-corrected chi connectivity index (χ3v) is 7.03. The van der Waals surface area contributed by atoms with E-state index in [1.807, 2.05) is 0 Å². The summed E-state index contributed by atoms with van der Waals surface area (Å²) in [7, 11) is 0. The Labute approximate surface area is 84.6 Å². The summed E-state index contributed by atoms with van der Waals surface area (Å²) in [6.45, 7) is 12.5. The van der Waals surface area contributed by atoms with Gasteiger partial charge in [0.15, 0.2) is 0 Å². The minimum absolute atomic E-state index is 0.0478. The van der Waals surface area contributed by atoms with Crippen molar-refractivity contribution in [3.05, 3.63) is 12.2 Å². The standard InChI is InChI=1S/C12H18O2/c1-7-8(2)9(3)10(8,4)11(9,5)12(7,14)6-13/h13-14H,1,6H2,2-5H3. The summed E-state index contributed by atoms with van der Waals surface area (Å²) in [6, 6.07) is 0. The zero-order chi connectivity index (χ0) is 10.8. The highest BCUT2D eigenvalue weighted by Gasteiger charge is 3.13. The van der Waals surface area contributed by atoms with Crippen molar-refractivity contribution in [2.45, 2.75) is 33.3 Å². The second-order valence-corrected chi connectivity index (χ2v) is 6.00. The Hall–Kier alpha value is -0.340. The van der Waals surface area contributed by atoms with Crippen molar-refractivity contribution < 1.29 is 10.2 Å². The van der Waals surface area contributed by atoms with E-state index in [9.17, 15) is 10.2 Å². The highest BCUT2D eigenvalue weighted by molar-refractivity contribution is 5.69. The molecule has 3 unspecified atom stereocenters. The molecule has 4 fully saturated rings. The van der Waals surface area contributed by atoms with Crippen molar-refractivity contribution >= 4 is 0 Å². The number of aliphatic hydroxyl groups excluding tert-OH is 1. The lowest BCUT2D eigenvalue weighted by Gasteiger charge is -2.31. The molecule has 0 aromatic heterocycles. The van der Waals surface area contributed by atoms with Crippen LogP contribution in [0.1, 0.15) is 27.7 Å². The number of hydrogen-bond donors (Lipinski definition) is 2. The minimum atomic E-state index is -1.05. The fourth-order valence-electron chi connectivity index (χ4n) is 5.59. The van der Waals surface area contributed by atoms with Crippen LogP contribution in [-0.2, 0) is 0 Å². The summed E-state index contributed by atoms with van der Waals surface area (Å²) in [6.07, 6.45) is 0. The fraction of sp³-hybridized carbons (Fsp3) is 0.833. The van der Waals surface area contributed by atoms with Crippen LogP contribution in [0.15, 0.2) is 12.2 Å². The van der Waals surface area contributed by atoms with E-state index in [0.29, 0.717) is 0 Å². The molecule has 2 heteroatoms. The molecule has 0 heterocycles. The smallest absolute Gasteiger partial charge is 0.115 e. The van der Waals surface area contributed by atoms with E-state index >= 15 is 0 Å². The van der Waals surface area contributed by atoms with Gasteiger partial charge in [-0.05, 0) is 16.4 Å². The van der Waals surface area contributed by atoms with E-state index in [2.05, 4.69) is 34.3 Å². The average Bonchev–Trinajstić information content (AvgIpc) is 2.74. The van der Waals surface area contributed by atoms with Crippen molar-refractivity contribution in [3.63, 3.8) is 0 Å². The zero-order valence-electron chi connectivity index (χ0n) is 9.31. The van der Waals surface area contributed by atoms with E-state index < -0.39 is 5.60 Å². The molecular weight excluding hydrogens is 176 g/mol. The predicted octanol–water partition coefficient (Wildman–Crippen LogP) is 1.33. The molecule has 0 spiro atoms. The van der Waals surface area contributed by atoms with Crippen molar-refractivity contribution in [2.24, 2.45) is 21.7 Å². The van der Waals surface area contributed by atoms with E-state index in [-0.39, 0.29) is 28.3 Å². The molecule has 3 atom stereocenters. The van der Waals surface area contributed by atoms with Crippen molar-refractivity contribution in [2.75, 3.05) is 6.61 Å². The number of hydrogen-bond acceptors (Lipinski definition) is 2. The Morgan fingerprint density at radius 2 is 1.50 bits per heavy atom. The fourth-order valence-corrected chi connectivity index (χ4v) is 5.59. The van der Waals surface area contributed by atoms with Gasteiger partial charge in [-0.25, -0.2) is 0 Å². The molecule has 2 N–H and O–H groups in total. The number of fused-ring (bicyclic) bond motifs is 1. The van der Waals surface area contributed by atoms with Crippen LogP contribution in [0.4, 0.5) is 0 Å². The molecule has 0 aromatic carbocycles. The molecule has 0 saturated heterocycles. The van der Waals surface area contributed by atoms with E-state index in [0.717, 1.165) is 5.57 Å². The molecule has 4 saturated carbocycles. The van der Waals surface area contributed by atoms with Gasteiger partial charge >= 0.3 is 0 Å². The Balaban J connectivity index is 2.25. The highest BCUT2D eigenvalue weighted by Crippen LogP contribution is 3.14. The Kier molecular flexibility index (Phi) is 0.969. The Morgan fingerprint density at radius 1 is 1.07 bits per heavy atom. The van der Waals surface area contributed by atoms with Crippen LogP contribution in [-0.4, -0.2) is 22.4 Å². The first-order valence-electron chi connectivity index (χ1n) is 5.25. The largest absolute Gasteiger partial charge is 0.393 e. The van der Waals surface area contributed by atoms with Crippen molar-refractivity contribution in [3.8, 4) is 0 Å². The van der Waals surface area contributed by atoms with Crippen LogP contribution in [0.3, 0.4) is 0 Å². The van der Waals surface area contributed by atoms with Crippen molar-refractivity contribution in [1.82, 2.24) is 0 Å². The van der Waals surface area contributed by atoms with Gasteiger partial charge in [-0.1, -0.05) is 34.3 Å². The van der Waals surface area contributed by atoms with Crippen LogP contribution in [0.25, 0.3) is 0 Å². The molecule has 4 aliphatic carbocycles. The number of aliphatic hydroxyl groups is 2. The summed E-state index contributed by atoms with van der Waals surface area (Å²) >= 11 is 0. The minimum Gasteiger partial charge on any atom is -0.393 e. The van der Waals surface area contributed by atoms with Crippen LogP contribution in [0.5, 0.6) is 0 Å². The first-order chi connectivity index (χ1) is 6.22. The molecule has 0 radical (unpaired) electrons. The molecule has 0 aromatic rings. The summed E-state index contributed by atoms with van der Waals surface area (Å²) in [5.74, 6) is 0. The van der Waals surface area contributed by atoms with Crippen LogP contribution in [0, 0.1) is 21.7 Å². The Morgan fingerprint density at radius 3 is 1.64 bits per heavy atom. The van der Waals surface area contributed by atoms with Gasteiger partial charge in [-0.15, -0.1) is 0 Å². The third kappa shape index (κ3) is 0.317. The molecule has 4 rings (SSSR count). The average molecular weight is 194 g/mol. The normalized spacial score (nSPS) is 73.4. The second kappa shape index (κ2) is 1.52. The molecule has 2 bridgehead atoms.